The van der Waals surface area contributed by atoms with Crippen LogP contribution in [-0.2, 0) is 6.54 Å². The molecule has 3 aromatic heterocycles. The van der Waals surface area contributed by atoms with Gasteiger partial charge in [0.05, 0.1) is 36.7 Å². The molecule has 0 spiro atoms. The van der Waals surface area contributed by atoms with Crippen LogP contribution in [0.4, 0.5) is 4.39 Å². The Labute approximate surface area is 175 Å². The van der Waals surface area contributed by atoms with Crippen LogP contribution in [0.15, 0.2) is 78.0 Å². The second-order valence-corrected chi connectivity index (χ2v) is 6.89. The van der Waals surface area contributed by atoms with Crippen LogP contribution in [0.2, 0.25) is 0 Å². The molecule has 0 aliphatic heterocycles. The van der Waals surface area contributed by atoms with Gasteiger partial charge < -0.3 is 4.74 Å². The van der Waals surface area contributed by atoms with E-state index < -0.39 is 0 Å². The number of nitrogens with zero attached hydrogens (tertiary/aromatic N) is 6. The molecular formula is C22H17FN6O2. The van der Waals surface area contributed by atoms with Crippen molar-refractivity contribution >= 4 is 10.9 Å². The molecule has 5 aromatic rings. The second kappa shape index (κ2) is 7.52. The molecule has 3 heterocycles. The van der Waals surface area contributed by atoms with Gasteiger partial charge in [0.25, 0.3) is 0 Å². The number of hydrogen-bond acceptors (Lipinski definition) is 5. The van der Waals surface area contributed by atoms with Crippen LogP contribution < -0.4 is 10.4 Å². The zero-order valence-corrected chi connectivity index (χ0v) is 16.5. The fourth-order valence-corrected chi connectivity index (χ4v) is 3.43. The van der Waals surface area contributed by atoms with E-state index >= 15 is 0 Å². The molecule has 0 bridgehead atoms. The first-order valence-electron chi connectivity index (χ1n) is 9.51. The smallest absolute Gasteiger partial charge is 0.353 e. The minimum atomic E-state index is -0.372. The first kappa shape index (κ1) is 18.7. The lowest BCUT2D eigenvalue weighted by atomic mass is 10.2. The first-order chi connectivity index (χ1) is 15.1. The average Bonchev–Trinajstić information content (AvgIpc) is 3.37. The van der Waals surface area contributed by atoms with Crippen molar-refractivity contribution in [1.82, 2.24) is 29.1 Å². The monoisotopic (exact) mass is 416 g/mol. The van der Waals surface area contributed by atoms with Gasteiger partial charge in [0.2, 0.25) is 0 Å². The molecule has 0 amide bonds. The normalized spacial score (nSPS) is 11.2. The number of fused-ring (bicyclic) bond motifs is 1. The van der Waals surface area contributed by atoms with Gasteiger partial charge in [-0.15, -0.1) is 5.10 Å². The standard InChI is InChI=1S/C22H17FN6O2/c1-31-21-26-29(22(30)27(21)13-15-7-9-16(23)10-8-15)20-6-2-5-19-18(20)14-28(25-19)17-4-3-11-24-12-17/h2-12,14H,13H2,1H3. The number of benzene rings is 2. The molecule has 0 N–H and O–H groups in total. The molecule has 5 rings (SSSR count). The summed E-state index contributed by atoms with van der Waals surface area (Å²) in [5, 5.41) is 9.70. The third-order valence-corrected chi connectivity index (χ3v) is 4.93. The summed E-state index contributed by atoms with van der Waals surface area (Å²) in [6, 6.07) is 15.3. The van der Waals surface area contributed by atoms with E-state index in [9.17, 15) is 9.18 Å². The van der Waals surface area contributed by atoms with E-state index in [0.29, 0.717) is 11.2 Å². The number of hydrogen-bond donors (Lipinski definition) is 0. The van der Waals surface area contributed by atoms with Crippen molar-refractivity contribution in [2.24, 2.45) is 0 Å². The van der Waals surface area contributed by atoms with Gasteiger partial charge >= 0.3 is 11.7 Å². The van der Waals surface area contributed by atoms with Gasteiger partial charge in [-0.3, -0.25) is 4.98 Å². The Morgan fingerprint density at radius 2 is 1.87 bits per heavy atom. The minimum Gasteiger partial charge on any atom is -0.467 e. The van der Waals surface area contributed by atoms with Crippen molar-refractivity contribution in [1.29, 1.82) is 0 Å². The van der Waals surface area contributed by atoms with Crippen LogP contribution in [0.25, 0.3) is 22.3 Å². The maximum atomic E-state index is 13.2. The van der Waals surface area contributed by atoms with Crippen molar-refractivity contribution < 1.29 is 9.13 Å². The van der Waals surface area contributed by atoms with Crippen LogP contribution in [0, 0.1) is 5.82 Å². The van der Waals surface area contributed by atoms with Crippen molar-refractivity contribution in [2.45, 2.75) is 6.54 Å². The molecule has 0 fully saturated rings. The molecule has 0 saturated heterocycles. The van der Waals surface area contributed by atoms with Crippen LogP contribution >= 0.6 is 0 Å². The van der Waals surface area contributed by atoms with Crippen LogP contribution in [0.5, 0.6) is 6.01 Å². The Balaban J connectivity index is 1.62. The molecule has 0 radical (unpaired) electrons. The highest BCUT2D eigenvalue weighted by molar-refractivity contribution is 5.87. The molecule has 0 atom stereocenters. The maximum absolute atomic E-state index is 13.2. The van der Waals surface area contributed by atoms with E-state index in [-0.39, 0.29) is 24.1 Å². The number of pyridine rings is 1. The second-order valence-electron chi connectivity index (χ2n) is 6.89. The summed E-state index contributed by atoms with van der Waals surface area (Å²) < 4.78 is 23.0. The molecule has 8 nitrogen and oxygen atoms in total. The molecule has 2 aromatic carbocycles. The van der Waals surface area contributed by atoms with E-state index in [1.807, 2.05) is 30.5 Å². The van der Waals surface area contributed by atoms with Gasteiger partial charge in [-0.1, -0.05) is 18.2 Å². The van der Waals surface area contributed by atoms with Crippen molar-refractivity contribution in [3.05, 3.63) is 95.1 Å². The summed E-state index contributed by atoms with van der Waals surface area (Å²) >= 11 is 0. The van der Waals surface area contributed by atoms with Crippen LogP contribution in [0.3, 0.4) is 0 Å². The Hall–Kier alpha value is -4.27. The molecule has 9 heteroatoms. The molecule has 0 aliphatic rings. The Kier molecular flexibility index (Phi) is 4.55. The fourth-order valence-electron chi connectivity index (χ4n) is 3.43. The Morgan fingerprint density at radius 1 is 1.03 bits per heavy atom. The zero-order chi connectivity index (χ0) is 21.4. The summed E-state index contributed by atoms with van der Waals surface area (Å²) in [6.45, 7) is 0.202. The van der Waals surface area contributed by atoms with E-state index in [4.69, 9.17) is 4.74 Å². The van der Waals surface area contributed by atoms with Gasteiger partial charge in [0.15, 0.2) is 0 Å². The Bertz CT molecular complexity index is 1420. The van der Waals surface area contributed by atoms with Gasteiger partial charge in [-0.2, -0.15) is 9.78 Å². The molecule has 154 valence electrons. The SMILES string of the molecule is COc1nn(-c2cccc3nn(-c4cccnc4)cc23)c(=O)n1Cc1ccc(F)cc1. The van der Waals surface area contributed by atoms with Crippen molar-refractivity contribution in [3.8, 4) is 17.4 Å². The highest BCUT2D eigenvalue weighted by Gasteiger charge is 2.18. The minimum absolute atomic E-state index is 0.158. The highest BCUT2D eigenvalue weighted by atomic mass is 19.1. The molecule has 0 saturated carbocycles. The summed E-state index contributed by atoms with van der Waals surface area (Å²) in [7, 11) is 1.45. The summed E-state index contributed by atoms with van der Waals surface area (Å²) in [6.07, 6.45) is 5.23. The summed E-state index contributed by atoms with van der Waals surface area (Å²) in [5.41, 5.74) is 2.47. The quantitative estimate of drug-likeness (QED) is 0.440. The molecule has 31 heavy (non-hydrogen) atoms. The van der Waals surface area contributed by atoms with Crippen LogP contribution in [0.1, 0.15) is 5.56 Å². The Morgan fingerprint density at radius 3 is 2.61 bits per heavy atom. The van der Waals surface area contributed by atoms with Gasteiger partial charge in [0, 0.05) is 17.8 Å². The summed E-state index contributed by atoms with van der Waals surface area (Å²) in [5.74, 6) is -0.337. The largest absolute Gasteiger partial charge is 0.467 e. The van der Waals surface area contributed by atoms with Crippen LogP contribution in [-0.4, -0.2) is 36.2 Å². The molecule has 0 aliphatic carbocycles. The van der Waals surface area contributed by atoms with E-state index in [0.717, 1.165) is 16.6 Å². The topological polar surface area (TPSA) is 79.8 Å². The van der Waals surface area contributed by atoms with E-state index in [2.05, 4.69) is 15.2 Å². The van der Waals surface area contributed by atoms with Gasteiger partial charge in [-0.25, -0.2) is 18.4 Å². The lowest BCUT2D eigenvalue weighted by Crippen LogP contribution is -2.24. The number of aromatic nitrogens is 6. The fraction of sp³-hybridized carbons (Fsp3) is 0.0909. The van der Waals surface area contributed by atoms with Gasteiger partial charge in [0.1, 0.15) is 5.82 Å². The predicted octanol–water partition coefficient (Wildman–Crippen LogP) is 2.96. The zero-order valence-electron chi connectivity index (χ0n) is 16.5. The summed E-state index contributed by atoms with van der Waals surface area (Å²) in [4.78, 5) is 17.3. The third kappa shape index (κ3) is 3.35. The molecular weight excluding hydrogens is 399 g/mol. The average molecular weight is 416 g/mol. The lowest BCUT2D eigenvalue weighted by Gasteiger charge is -2.04. The number of rotatable bonds is 5. The lowest BCUT2D eigenvalue weighted by molar-refractivity contribution is 0.357. The molecule has 0 unspecified atom stereocenters. The highest BCUT2D eigenvalue weighted by Crippen LogP contribution is 2.22. The maximum Gasteiger partial charge on any atom is 0.353 e. The van der Waals surface area contributed by atoms with E-state index in [1.54, 1.807) is 35.3 Å². The number of halogens is 1. The van der Waals surface area contributed by atoms with Gasteiger partial charge in [-0.05, 0) is 42.0 Å². The van der Waals surface area contributed by atoms with Crippen molar-refractivity contribution in [3.63, 3.8) is 0 Å². The number of ether oxygens (including phenoxy) is 1. The number of methoxy groups -OCH3 is 1. The van der Waals surface area contributed by atoms with Crippen molar-refractivity contribution in [2.75, 3.05) is 7.11 Å². The predicted molar refractivity (Wildman–Crippen MR) is 112 cm³/mol. The first-order valence-corrected chi connectivity index (χ1v) is 9.51. The third-order valence-electron chi connectivity index (χ3n) is 4.93. The van der Waals surface area contributed by atoms with E-state index in [1.165, 1.54) is 28.5 Å².